The minimum Gasteiger partial charge on any atom is -0.244 e. The third kappa shape index (κ3) is 4.78. The fourth-order valence-corrected chi connectivity index (χ4v) is 2.60. The smallest absolute Gasteiger partial charge is 0.209 e. The molecule has 0 aliphatic carbocycles. The highest BCUT2D eigenvalue weighted by Crippen LogP contribution is 2.16. The van der Waals surface area contributed by atoms with Crippen molar-refractivity contribution < 1.29 is 8.42 Å². The van der Waals surface area contributed by atoms with E-state index in [-0.39, 0.29) is 5.75 Å². The third-order valence-corrected chi connectivity index (χ3v) is 3.50. The predicted octanol–water partition coefficient (Wildman–Crippen LogP) is 0.334. The standard InChI is InChI=1S/C8H9N3O2S2/c9-5-7-1-2-8(6-11-7)14-3-4-15(10,12)13/h1-2,6H,3-4H2,(H2,10,12,13). The molecule has 1 aromatic heterocycles. The summed E-state index contributed by atoms with van der Waals surface area (Å²) in [5.41, 5.74) is 0.339. The van der Waals surface area contributed by atoms with Crippen LogP contribution in [0.4, 0.5) is 0 Å². The maximum atomic E-state index is 10.6. The average molecular weight is 243 g/mol. The summed E-state index contributed by atoms with van der Waals surface area (Å²) in [4.78, 5) is 4.67. The van der Waals surface area contributed by atoms with E-state index in [1.807, 2.05) is 6.07 Å². The number of rotatable bonds is 4. The van der Waals surface area contributed by atoms with E-state index in [0.29, 0.717) is 11.4 Å². The highest BCUT2D eigenvalue weighted by atomic mass is 32.2. The van der Waals surface area contributed by atoms with Crippen LogP contribution in [0.2, 0.25) is 0 Å². The van der Waals surface area contributed by atoms with Gasteiger partial charge in [0.25, 0.3) is 0 Å². The Balaban J connectivity index is 2.49. The fraction of sp³-hybridized carbons (Fsp3) is 0.250. The van der Waals surface area contributed by atoms with Gasteiger partial charge in [0.2, 0.25) is 10.0 Å². The van der Waals surface area contributed by atoms with E-state index in [1.165, 1.54) is 18.0 Å². The van der Waals surface area contributed by atoms with Gasteiger partial charge in [0.1, 0.15) is 11.8 Å². The van der Waals surface area contributed by atoms with E-state index < -0.39 is 10.0 Å². The lowest BCUT2D eigenvalue weighted by Gasteiger charge is -1.99. The topological polar surface area (TPSA) is 96.8 Å². The lowest BCUT2D eigenvalue weighted by molar-refractivity contribution is 0.599. The van der Waals surface area contributed by atoms with Gasteiger partial charge >= 0.3 is 0 Å². The van der Waals surface area contributed by atoms with Crippen molar-refractivity contribution >= 4 is 21.8 Å². The number of hydrogen-bond acceptors (Lipinski definition) is 5. The van der Waals surface area contributed by atoms with Gasteiger partial charge in [-0.15, -0.1) is 11.8 Å². The van der Waals surface area contributed by atoms with Gasteiger partial charge < -0.3 is 0 Å². The van der Waals surface area contributed by atoms with Crippen molar-refractivity contribution in [1.82, 2.24) is 4.98 Å². The molecule has 7 heteroatoms. The molecular weight excluding hydrogens is 234 g/mol. The van der Waals surface area contributed by atoms with Gasteiger partial charge in [-0.1, -0.05) is 0 Å². The average Bonchev–Trinajstić information content (AvgIpc) is 2.17. The van der Waals surface area contributed by atoms with Crippen molar-refractivity contribution in [3.05, 3.63) is 24.0 Å². The van der Waals surface area contributed by atoms with Crippen LogP contribution in [0, 0.1) is 11.3 Å². The van der Waals surface area contributed by atoms with E-state index in [1.54, 1.807) is 12.1 Å². The van der Waals surface area contributed by atoms with Crippen LogP contribution < -0.4 is 5.14 Å². The highest BCUT2D eigenvalue weighted by molar-refractivity contribution is 8.00. The van der Waals surface area contributed by atoms with E-state index >= 15 is 0 Å². The number of thioether (sulfide) groups is 1. The first-order chi connectivity index (χ1) is 7.01. The van der Waals surface area contributed by atoms with Crippen molar-refractivity contribution in [2.75, 3.05) is 11.5 Å². The SMILES string of the molecule is N#Cc1ccc(SCCS(N)(=O)=O)cn1. The molecule has 0 radical (unpaired) electrons. The Labute approximate surface area is 92.4 Å². The largest absolute Gasteiger partial charge is 0.244 e. The Morgan fingerprint density at radius 2 is 2.27 bits per heavy atom. The molecule has 1 aromatic rings. The molecule has 0 amide bonds. The maximum absolute atomic E-state index is 10.6. The summed E-state index contributed by atoms with van der Waals surface area (Å²) in [6, 6.07) is 5.20. The van der Waals surface area contributed by atoms with Crippen molar-refractivity contribution in [1.29, 1.82) is 5.26 Å². The molecule has 0 spiro atoms. The summed E-state index contributed by atoms with van der Waals surface area (Å²) < 4.78 is 21.3. The lowest BCUT2D eigenvalue weighted by atomic mass is 10.4. The maximum Gasteiger partial charge on any atom is 0.209 e. The molecule has 0 unspecified atom stereocenters. The summed E-state index contributed by atoms with van der Waals surface area (Å²) in [5, 5.41) is 13.3. The molecule has 0 saturated heterocycles. The van der Waals surface area contributed by atoms with Crippen LogP contribution in [0.15, 0.2) is 23.2 Å². The molecule has 0 saturated carbocycles. The first kappa shape index (κ1) is 12.0. The normalized spacial score (nSPS) is 10.9. The van der Waals surface area contributed by atoms with Crippen LogP contribution in [-0.2, 0) is 10.0 Å². The number of primary sulfonamides is 1. The lowest BCUT2D eigenvalue weighted by Crippen LogP contribution is -2.17. The van der Waals surface area contributed by atoms with Crippen LogP contribution in [0.3, 0.4) is 0 Å². The molecule has 0 aliphatic heterocycles. The zero-order valence-corrected chi connectivity index (χ0v) is 9.38. The van der Waals surface area contributed by atoms with E-state index in [4.69, 9.17) is 10.4 Å². The molecule has 0 atom stereocenters. The van der Waals surface area contributed by atoms with Gasteiger partial charge in [0, 0.05) is 16.8 Å². The molecule has 2 N–H and O–H groups in total. The molecular formula is C8H9N3O2S2. The molecule has 0 aliphatic rings. The van der Waals surface area contributed by atoms with Gasteiger partial charge in [-0.2, -0.15) is 5.26 Å². The summed E-state index contributed by atoms with van der Waals surface area (Å²) in [6.45, 7) is 0. The molecule has 1 heterocycles. The van der Waals surface area contributed by atoms with Gasteiger partial charge in [-0.05, 0) is 12.1 Å². The fourth-order valence-electron chi connectivity index (χ4n) is 0.807. The number of nitrogens with zero attached hydrogens (tertiary/aromatic N) is 2. The van der Waals surface area contributed by atoms with E-state index in [0.717, 1.165) is 4.90 Å². The Kier molecular flexibility index (Phi) is 4.08. The molecule has 0 bridgehead atoms. The predicted molar refractivity (Wildman–Crippen MR) is 57.7 cm³/mol. The monoisotopic (exact) mass is 243 g/mol. The molecule has 0 aromatic carbocycles. The number of pyridine rings is 1. The zero-order chi connectivity index (χ0) is 11.3. The summed E-state index contributed by atoms with van der Waals surface area (Å²) >= 11 is 1.34. The number of sulfonamides is 1. The second-order valence-electron chi connectivity index (χ2n) is 2.71. The van der Waals surface area contributed by atoms with Crippen molar-refractivity contribution in [2.24, 2.45) is 5.14 Å². The third-order valence-electron chi connectivity index (χ3n) is 1.49. The van der Waals surface area contributed by atoms with E-state index in [2.05, 4.69) is 4.98 Å². The Morgan fingerprint density at radius 3 is 2.73 bits per heavy atom. The van der Waals surface area contributed by atoms with Crippen molar-refractivity contribution in [3.63, 3.8) is 0 Å². The molecule has 1 rings (SSSR count). The second kappa shape index (κ2) is 5.11. The minimum absolute atomic E-state index is 0.0718. The Hall–Kier alpha value is -1.10. The zero-order valence-electron chi connectivity index (χ0n) is 7.75. The Bertz CT molecular complexity index is 462. The van der Waals surface area contributed by atoms with Gasteiger partial charge in [-0.3, -0.25) is 0 Å². The van der Waals surface area contributed by atoms with E-state index in [9.17, 15) is 8.42 Å². The first-order valence-electron chi connectivity index (χ1n) is 4.01. The van der Waals surface area contributed by atoms with Gasteiger partial charge in [0.05, 0.1) is 5.75 Å². The van der Waals surface area contributed by atoms with Crippen LogP contribution in [0.1, 0.15) is 5.69 Å². The number of nitriles is 1. The van der Waals surface area contributed by atoms with Crippen LogP contribution >= 0.6 is 11.8 Å². The molecule has 80 valence electrons. The van der Waals surface area contributed by atoms with Crippen LogP contribution in [0.5, 0.6) is 0 Å². The molecule has 0 fully saturated rings. The molecule has 15 heavy (non-hydrogen) atoms. The van der Waals surface area contributed by atoms with Crippen LogP contribution in [0.25, 0.3) is 0 Å². The van der Waals surface area contributed by atoms with Gasteiger partial charge in [0.15, 0.2) is 0 Å². The number of aromatic nitrogens is 1. The molecule has 5 nitrogen and oxygen atoms in total. The van der Waals surface area contributed by atoms with Crippen molar-refractivity contribution in [3.8, 4) is 6.07 Å². The summed E-state index contributed by atoms with van der Waals surface area (Å²) in [5.74, 6) is 0.310. The first-order valence-corrected chi connectivity index (χ1v) is 6.71. The van der Waals surface area contributed by atoms with Crippen LogP contribution in [-0.4, -0.2) is 24.9 Å². The quantitative estimate of drug-likeness (QED) is 0.769. The van der Waals surface area contributed by atoms with Crippen molar-refractivity contribution in [2.45, 2.75) is 4.90 Å². The second-order valence-corrected chi connectivity index (χ2v) is 5.61. The summed E-state index contributed by atoms with van der Waals surface area (Å²) in [7, 11) is -3.40. The Morgan fingerprint density at radius 1 is 1.53 bits per heavy atom. The van der Waals surface area contributed by atoms with Gasteiger partial charge in [-0.25, -0.2) is 18.5 Å². The number of nitrogens with two attached hydrogens (primary N) is 1. The highest BCUT2D eigenvalue weighted by Gasteiger charge is 2.03. The minimum atomic E-state index is -3.40. The summed E-state index contributed by atoms with van der Waals surface area (Å²) in [6.07, 6.45) is 1.53. The number of hydrogen-bond donors (Lipinski definition) is 1.